The molecule has 5 N–H and O–H groups in total. The van der Waals surface area contributed by atoms with Gasteiger partial charge in [-0.15, -0.1) is 0 Å². The first kappa shape index (κ1) is 25.5. The van der Waals surface area contributed by atoms with E-state index in [0.717, 1.165) is 0 Å². The molecule has 0 bridgehead atoms. The van der Waals surface area contributed by atoms with Crippen molar-refractivity contribution in [2.45, 2.75) is 30.7 Å². The number of hydrogen-bond donors (Lipinski definition) is 5. The van der Waals surface area contributed by atoms with Crippen LogP contribution in [0.1, 0.15) is 0 Å². The molecule has 1 aliphatic heterocycles. The zero-order valence-electron chi connectivity index (χ0n) is 12.1. The number of aliphatic hydroxyl groups is 2. The molecule has 0 aliphatic carbocycles. The van der Waals surface area contributed by atoms with E-state index in [2.05, 4.69) is 17.3 Å². The second-order valence-corrected chi connectivity index (χ2v) is 7.43. The van der Waals surface area contributed by atoms with Crippen LogP contribution >= 0.6 is 0 Å². The van der Waals surface area contributed by atoms with Crippen molar-refractivity contribution in [2.24, 2.45) is 0 Å². The van der Waals surface area contributed by atoms with E-state index in [4.69, 9.17) is 13.7 Å². The normalized spacial score (nSPS) is 31.3. The largest absolute Gasteiger partial charge is 1.00 e. The fourth-order valence-corrected chi connectivity index (χ4v) is 2.99. The van der Waals surface area contributed by atoms with E-state index in [1.54, 1.807) is 0 Å². The van der Waals surface area contributed by atoms with E-state index >= 15 is 0 Å². The van der Waals surface area contributed by atoms with Gasteiger partial charge >= 0.3 is 60.8 Å². The molecule has 1 heterocycles. The van der Waals surface area contributed by atoms with Crippen LogP contribution in [0.25, 0.3) is 0 Å². The summed E-state index contributed by atoms with van der Waals surface area (Å²) in [5.74, 6) is 0. The van der Waals surface area contributed by atoms with Crippen LogP contribution in [-0.4, -0.2) is 86.4 Å². The third-order valence-corrected chi connectivity index (χ3v) is 3.85. The quantitative estimate of drug-likeness (QED) is 0.181. The van der Waals surface area contributed by atoms with Gasteiger partial charge in [0.05, 0.1) is 6.61 Å². The molecule has 1 fully saturated rings. The van der Waals surface area contributed by atoms with Gasteiger partial charge in [-0.1, -0.05) is 0 Å². The van der Waals surface area contributed by atoms with Crippen LogP contribution in [0.15, 0.2) is 0 Å². The van der Waals surface area contributed by atoms with Crippen molar-refractivity contribution in [3.05, 3.63) is 0 Å². The molecule has 0 aromatic rings. The van der Waals surface area contributed by atoms with Gasteiger partial charge in [-0.05, 0) is 0 Å². The average molecular weight is 443 g/mol. The van der Waals surface area contributed by atoms with Crippen LogP contribution in [0.5, 0.6) is 0 Å². The summed E-state index contributed by atoms with van der Waals surface area (Å²) in [5, 5.41) is 19.4. The Morgan fingerprint density at radius 3 is 1.64 bits per heavy atom. The molecule has 0 amide bonds. The molecule has 0 aromatic heterocycles. The van der Waals surface area contributed by atoms with Crippen LogP contribution in [0.3, 0.4) is 0 Å². The molecule has 144 valence electrons. The third kappa shape index (κ3) is 9.30. The molecule has 4 unspecified atom stereocenters. The van der Waals surface area contributed by atoms with Gasteiger partial charge in [0.25, 0.3) is 0 Å². The monoisotopic (exact) mass is 443 g/mol. The van der Waals surface area contributed by atoms with Crippen LogP contribution in [0.4, 0.5) is 0 Å². The van der Waals surface area contributed by atoms with Crippen molar-refractivity contribution in [1.29, 1.82) is 0 Å². The minimum Gasteiger partial charge on any atom is -0.387 e. The predicted octanol–water partition coefficient (Wildman–Crippen LogP) is -6.74. The molecular weight excluding hydrogens is 431 g/mol. The van der Waals surface area contributed by atoms with Crippen molar-refractivity contribution in [1.82, 2.24) is 0 Å². The summed E-state index contributed by atoms with van der Waals surface area (Å²) in [5.41, 5.74) is 0. The van der Waals surface area contributed by atoms with Crippen molar-refractivity contribution in [3.8, 4) is 0 Å². The zero-order chi connectivity index (χ0) is 18.9. The molecular formula is C6H12NaO15S3+. The summed E-state index contributed by atoms with van der Waals surface area (Å²) in [6.07, 6.45) is -11.3. The van der Waals surface area contributed by atoms with Gasteiger partial charge in [0.1, 0.15) is 18.3 Å². The molecule has 25 heavy (non-hydrogen) atoms. The second-order valence-electron chi connectivity index (χ2n) is 4.25. The Morgan fingerprint density at radius 1 is 0.800 bits per heavy atom. The summed E-state index contributed by atoms with van der Waals surface area (Å²) in [6.45, 7) is -1.17. The maximum Gasteiger partial charge on any atom is 1.00 e. The number of ether oxygens (including phenoxy) is 1. The molecule has 1 saturated heterocycles. The second kappa shape index (κ2) is 9.12. The number of rotatable bonds is 7. The van der Waals surface area contributed by atoms with E-state index < -0.39 is 68.5 Å². The van der Waals surface area contributed by atoms with E-state index in [1.165, 1.54) is 0 Å². The van der Waals surface area contributed by atoms with E-state index in [0.29, 0.717) is 0 Å². The first-order valence-electron chi connectivity index (χ1n) is 5.54. The van der Waals surface area contributed by atoms with Gasteiger partial charge in [0, 0.05) is 0 Å². The first-order chi connectivity index (χ1) is 10.6. The van der Waals surface area contributed by atoms with Gasteiger partial charge < -0.3 is 14.9 Å². The SMILES string of the molecule is O=S(=O)(O)OCC1OC(O)C(OS(=O)(=O)O)C(OS(=O)(=O)O)[C@@H]1O.[Na+]. The summed E-state index contributed by atoms with van der Waals surface area (Å²) in [4.78, 5) is 0. The third-order valence-electron chi connectivity index (χ3n) is 2.48. The standard InChI is InChI=1S/C6H12O15S3.Na/c7-3-2(1-18-22(9,10)11)19-6(8)5(21-24(15,16)17)4(3)20-23(12,13)14;/h2-8H,1H2,(H,9,10,11)(H,12,13,14)(H,15,16,17);/q;+1/t2?,3-,4?,5?,6?;/m1./s1. The summed E-state index contributed by atoms with van der Waals surface area (Å²) >= 11 is 0. The van der Waals surface area contributed by atoms with Crippen LogP contribution < -0.4 is 29.6 Å². The van der Waals surface area contributed by atoms with Gasteiger partial charge in [-0.25, -0.2) is 12.5 Å². The van der Waals surface area contributed by atoms with Crippen LogP contribution in [0, 0.1) is 0 Å². The fraction of sp³-hybridized carbons (Fsp3) is 1.00. The van der Waals surface area contributed by atoms with Crippen LogP contribution in [-0.2, 0) is 48.5 Å². The molecule has 0 saturated carbocycles. The maximum absolute atomic E-state index is 10.8. The number of aliphatic hydroxyl groups excluding tert-OH is 2. The average Bonchev–Trinajstić information content (AvgIpc) is 2.32. The molecule has 1 rings (SSSR count). The minimum atomic E-state index is -5.33. The molecule has 5 atom stereocenters. The van der Waals surface area contributed by atoms with E-state index in [1.807, 2.05) is 0 Å². The zero-order valence-corrected chi connectivity index (χ0v) is 16.6. The topological polar surface area (TPSA) is 240 Å². The van der Waals surface area contributed by atoms with Gasteiger partial charge in [-0.3, -0.25) is 13.7 Å². The van der Waals surface area contributed by atoms with Gasteiger partial charge in [0.2, 0.25) is 0 Å². The predicted molar refractivity (Wildman–Crippen MR) is 67.2 cm³/mol. The Bertz CT molecular complexity index is 742. The van der Waals surface area contributed by atoms with E-state index in [-0.39, 0.29) is 29.6 Å². The molecule has 19 heteroatoms. The molecule has 0 radical (unpaired) electrons. The molecule has 1 aliphatic rings. The molecule has 0 spiro atoms. The number of hydrogen-bond acceptors (Lipinski definition) is 12. The Kier molecular flexibility index (Phi) is 9.30. The van der Waals surface area contributed by atoms with E-state index in [9.17, 15) is 35.5 Å². The van der Waals surface area contributed by atoms with Crippen LogP contribution in [0.2, 0.25) is 0 Å². The minimum absolute atomic E-state index is 0. The molecule has 15 nitrogen and oxygen atoms in total. The van der Waals surface area contributed by atoms with Crippen molar-refractivity contribution in [2.75, 3.05) is 6.61 Å². The van der Waals surface area contributed by atoms with Crippen molar-refractivity contribution in [3.63, 3.8) is 0 Å². The Hall–Kier alpha value is 0.490. The van der Waals surface area contributed by atoms with Gasteiger partial charge in [0.15, 0.2) is 12.4 Å². The fourth-order valence-electron chi connectivity index (χ4n) is 1.69. The maximum atomic E-state index is 10.8. The Balaban J connectivity index is 0.00000576. The summed E-state index contributed by atoms with van der Waals surface area (Å²) < 4.78 is 106. The summed E-state index contributed by atoms with van der Waals surface area (Å²) in [6, 6.07) is 0. The van der Waals surface area contributed by atoms with Crippen molar-refractivity contribution < 1.29 is 96.0 Å². The Morgan fingerprint density at radius 2 is 1.24 bits per heavy atom. The Labute approximate surface area is 164 Å². The van der Waals surface area contributed by atoms with Gasteiger partial charge in [-0.2, -0.15) is 25.3 Å². The van der Waals surface area contributed by atoms with Crippen molar-refractivity contribution >= 4 is 31.2 Å². The smallest absolute Gasteiger partial charge is 0.387 e. The first-order valence-corrected chi connectivity index (χ1v) is 9.63. The summed E-state index contributed by atoms with van der Waals surface area (Å²) in [7, 11) is -15.6. The molecule has 0 aromatic carbocycles.